The number of hydrogen-bond donors (Lipinski definition) is 1. The molecule has 3 heterocycles. The van der Waals surface area contributed by atoms with Crippen molar-refractivity contribution in [3.8, 4) is 6.07 Å². The maximum Gasteiger partial charge on any atom is 0.244 e. The van der Waals surface area contributed by atoms with Crippen LogP contribution in [0.1, 0.15) is 42.1 Å². The summed E-state index contributed by atoms with van der Waals surface area (Å²) in [4.78, 5) is 20.5. The molecule has 0 radical (unpaired) electrons. The zero-order chi connectivity index (χ0) is 28.4. The van der Waals surface area contributed by atoms with Crippen molar-refractivity contribution in [2.45, 2.75) is 49.6 Å². The fraction of sp³-hybridized carbons (Fsp3) is 0.483. The minimum atomic E-state index is -3.98. The van der Waals surface area contributed by atoms with Gasteiger partial charge in [0.25, 0.3) is 0 Å². The second-order valence-electron chi connectivity index (χ2n) is 10.8. The Hall–Kier alpha value is -3.30. The van der Waals surface area contributed by atoms with Gasteiger partial charge in [0.2, 0.25) is 15.9 Å². The van der Waals surface area contributed by atoms with E-state index >= 15 is 0 Å². The monoisotopic (exact) mass is 564 g/mol. The number of benzene rings is 2. The van der Waals surface area contributed by atoms with Gasteiger partial charge in [-0.05, 0) is 56.0 Å². The SMILES string of the molecule is COCCCn1c([C@@H]2CCCN(C(=O)[C@@H]3CN(S(=O)(=O)c4cc(C)ccc4C#N)C[C@H]3N)C2)nc2ccccc21. The molecule has 1 amide bonds. The number of piperidine rings is 1. The summed E-state index contributed by atoms with van der Waals surface area (Å²) < 4.78 is 35.8. The molecule has 0 aliphatic carbocycles. The van der Waals surface area contributed by atoms with Gasteiger partial charge in [-0.15, -0.1) is 0 Å². The number of hydrogen-bond acceptors (Lipinski definition) is 7. The first-order valence-corrected chi connectivity index (χ1v) is 15.2. The van der Waals surface area contributed by atoms with E-state index in [-0.39, 0.29) is 35.4 Å². The quantitative estimate of drug-likeness (QED) is 0.416. The third-order valence-corrected chi connectivity index (χ3v) is 9.91. The van der Waals surface area contributed by atoms with Crippen molar-refractivity contribution >= 4 is 27.0 Å². The fourth-order valence-electron chi connectivity index (χ4n) is 5.95. The Balaban J connectivity index is 1.34. The summed E-state index contributed by atoms with van der Waals surface area (Å²) in [6, 6.07) is 14.1. The van der Waals surface area contributed by atoms with Crippen LogP contribution in [-0.2, 0) is 26.1 Å². The van der Waals surface area contributed by atoms with E-state index in [1.807, 2.05) is 29.2 Å². The number of sulfonamides is 1. The highest BCUT2D eigenvalue weighted by atomic mass is 32.2. The molecule has 0 spiro atoms. The van der Waals surface area contributed by atoms with Crippen LogP contribution < -0.4 is 5.73 Å². The standard InChI is InChI=1S/C29H36N6O4S/c1-20-10-11-21(16-30)27(15-20)40(37,38)34-18-23(24(31)19-34)29(36)33-12-5-7-22(17-33)28-32-25-8-3-4-9-26(25)35(28)13-6-14-39-2/h3-4,8-11,15,22-24H,5-7,12-14,17-19,31H2,1-2H3/t22-,23-,24-/m1/s1. The Morgan fingerprint density at radius 3 is 2.77 bits per heavy atom. The number of nitriles is 1. The summed E-state index contributed by atoms with van der Waals surface area (Å²) in [5, 5.41) is 9.49. The van der Waals surface area contributed by atoms with Crippen LogP contribution in [0.25, 0.3) is 11.0 Å². The topological polar surface area (TPSA) is 135 Å². The lowest BCUT2D eigenvalue weighted by Crippen LogP contribution is -2.47. The van der Waals surface area contributed by atoms with Crippen LogP contribution in [0, 0.1) is 24.2 Å². The first kappa shape index (κ1) is 28.2. The highest BCUT2D eigenvalue weighted by Crippen LogP contribution is 2.32. The maximum atomic E-state index is 13.8. The molecule has 3 aromatic rings. The van der Waals surface area contributed by atoms with Gasteiger partial charge in [-0.3, -0.25) is 4.79 Å². The minimum absolute atomic E-state index is 0.00214. The molecule has 0 bridgehead atoms. The van der Waals surface area contributed by atoms with Crippen LogP contribution in [0.5, 0.6) is 0 Å². The van der Waals surface area contributed by atoms with E-state index < -0.39 is 22.0 Å². The Labute approximate surface area is 235 Å². The molecule has 2 N–H and O–H groups in total. The summed E-state index contributed by atoms with van der Waals surface area (Å²) >= 11 is 0. The van der Waals surface area contributed by atoms with E-state index in [4.69, 9.17) is 15.5 Å². The number of amides is 1. The molecule has 2 saturated heterocycles. The predicted molar refractivity (Wildman–Crippen MR) is 151 cm³/mol. The number of ether oxygens (including phenoxy) is 1. The van der Waals surface area contributed by atoms with Crippen LogP contribution in [0.4, 0.5) is 0 Å². The molecule has 212 valence electrons. The lowest BCUT2D eigenvalue weighted by Gasteiger charge is -2.35. The molecule has 0 saturated carbocycles. The first-order valence-electron chi connectivity index (χ1n) is 13.7. The average Bonchev–Trinajstić information content (AvgIpc) is 3.54. The molecule has 2 aromatic carbocycles. The van der Waals surface area contributed by atoms with Gasteiger partial charge in [0.05, 0.1) is 22.5 Å². The van der Waals surface area contributed by atoms with Crippen molar-refractivity contribution in [3.63, 3.8) is 0 Å². The number of carbonyl (C=O) groups excluding carboxylic acids is 1. The number of imidazole rings is 1. The third-order valence-electron chi connectivity index (χ3n) is 8.04. The Bertz CT molecular complexity index is 1550. The Kier molecular flexibility index (Phi) is 8.24. The lowest BCUT2D eigenvalue weighted by atomic mass is 9.94. The van der Waals surface area contributed by atoms with Crippen molar-refractivity contribution in [1.82, 2.24) is 18.8 Å². The van der Waals surface area contributed by atoms with Crippen LogP contribution in [0.3, 0.4) is 0 Å². The summed E-state index contributed by atoms with van der Waals surface area (Å²) in [7, 11) is -2.29. The number of rotatable bonds is 8. The van der Waals surface area contributed by atoms with Gasteiger partial charge in [0.15, 0.2) is 0 Å². The normalized spacial score (nSPS) is 22.1. The van der Waals surface area contributed by atoms with Crippen LogP contribution in [-0.4, -0.2) is 79.0 Å². The van der Waals surface area contributed by atoms with Gasteiger partial charge in [-0.1, -0.05) is 18.2 Å². The fourth-order valence-corrected chi connectivity index (χ4v) is 7.68. The molecule has 2 fully saturated rings. The second-order valence-corrected chi connectivity index (χ2v) is 12.7. The lowest BCUT2D eigenvalue weighted by molar-refractivity contribution is -0.136. The van der Waals surface area contributed by atoms with E-state index in [9.17, 15) is 18.5 Å². The van der Waals surface area contributed by atoms with Gasteiger partial charge in [-0.25, -0.2) is 13.4 Å². The molecular weight excluding hydrogens is 528 g/mol. The summed E-state index contributed by atoms with van der Waals surface area (Å²) in [6.07, 6.45) is 2.60. The molecule has 40 heavy (non-hydrogen) atoms. The van der Waals surface area contributed by atoms with Crippen molar-refractivity contribution < 1.29 is 17.9 Å². The number of para-hydroxylation sites is 2. The van der Waals surface area contributed by atoms with Gasteiger partial charge >= 0.3 is 0 Å². The molecule has 0 unspecified atom stereocenters. The molecular formula is C29H36N6O4S. The van der Waals surface area contributed by atoms with Crippen molar-refractivity contribution in [3.05, 3.63) is 59.4 Å². The number of carbonyl (C=O) groups is 1. The van der Waals surface area contributed by atoms with Crippen LogP contribution in [0.2, 0.25) is 0 Å². The molecule has 2 aliphatic heterocycles. The van der Waals surface area contributed by atoms with Crippen LogP contribution in [0.15, 0.2) is 47.4 Å². The summed E-state index contributed by atoms with van der Waals surface area (Å²) in [5.41, 5.74) is 9.22. The van der Waals surface area contributed by atoms with E-state index in [0.717, 1.165) is 48.2 Å². The average molecular weight is 565 g/mol. The number of nitrogens with zero attached hydrogens (tertiary/aromatic N) is 5. The largest absolute Gasteiger partial charge is 0.385 e. The minimum Gasteiger partial charge on any atom is -0.385 e. The highest BCUT2D eigenvalue weighted by Gasteiger charge is 2.44. The summed E-state index contributed by atoms with van der Waals surface area (Å²) in [5.74, 6) is 0.264. The molecule has 10 nitrogen and oxygen atoms in total. The first-order chi connectivity index (χ1) is 19.2. The molecule has 11 heteroatoms. The van der Waals surface area contributed by atoms with Gasteiger partial charge in [0.1, 0.15) is 16.8 Å². The number of aryl methyl sites for hydroxylation is 2. The maximum absolute atomic E-state index is 13.8. The van der Waals surface area contributed by atoms with Crippen molar-refractivity contribution in [1.29, 1.82) is 5.26 Å². The predicted octanol–water partition coefficient (Wildman–Crippen LogP) is 2.61. The number of nitrogens with two attached hydrogens (primary N) is 1. The zero-order valence-electron chi connectivity index (χ0n) is 23.0. The zero-order valence-corrected chi connectivity index (χ0v) is 23.8. The molecule has 5 rings (SSSR count). The highest BCUT2D eigenvalue weighted by molar-refractivity contribution is 7.89. The smallest absolute Gasteiger partial charge is 0.244 e. The van der Waals surface area contributed by atoms with E-state index in [2.05, 4.69) is 10.6 Å². The van der Waals surface area contributed by atoms with Gasteiger partial charge < -0.3 is 19.9 Å². The molecule has 2 aliphatic rings. The molecule has 3 atom stereocenters. The summed E-state index contributed by atoms with van der Waals surface area (Å²) in [6.45, 7) is 4.35. The Morgan fingerprint density at radius 1 is 1.20 bits per heavy atom. The number of methoxy groups -OCH3 is 1. The van der Waals surface area contributed by atoms with E-state index in [1.54, 1.807) is 20.1 Å². The number of aromatic nitrogens is 2. The second kappa shape index (κ2) is 11.7. The van der Waals surface area contributed by atoms with Crippen molar-refractivity contribution in [2.24, 2.45) is 11.7 Å². The Morgan fingerprint density at radius 2 is 2.00 bits per heavy atom. The van der Waals surface area contributed by atoms with Gasteiger partial charge in [0, 0.05) is 58.4 Å². The van der Waals surface area contributed by atoms with E-state index in [0.29, 0.717) is 19.7 Å². The number of likely N-dealkylation sites (tertiary alicyclic amines) is 1. The van der Waals surface area contributed by atoms with Crippen LogP contribution >= 0.6 is 0 Å². The van der Waals surface area contributed by atoms with Gasteiger partial charge in [-0.2, -0.15) is 9.57 Å². The number of fused-ring (bicyclic) bond motifs is 1. The molecule has 1 aromatic heterocycles. The van der Waals surface area contributed by atoms with Crippen molar-refractivity contribution in [2.75, 3.05) is 39.9 Å². The third kappa shape index (κ3) is 5.37. The van der Waals surface area contributed by atoms with E-state index in [1.165, 1.54) is 16.4 Å².